The standard InChI is InChI=1S/C46H68N4O8SSi/c1-12-13-26-59(55,56)50(9)39-21-17-20-38(29-39)44(53)49-40(27-32(2)3)41(58-60(10,11)46(6,7)8)28-33(4)42(51)48-34(5)43(52)47-30-35-22-24-37(25-23-35)45(54)57-31-36-18-15-14-16-19-36/h14-25,29,32-34,40-41H,12-13,26-28,30-31H2,1-11H3,(H,47,52)(H,48,51)(H,49,53)/t33-,34+,40+,41+/m1/s1. The van der Waals surface area contributed by atoms with Crippen molar-refractivity contribution in [3.05, 3.63) is 101 Å². The van der Waals surface area contributed by atoms with Gasteiger partial charge in [0.25, 0.3) is 5.91 Å². The predicted octanol–water partition coefficient (Wildman–Crippen LogP) is 7.99. The van der Waals surface area contributed by atoms with E-state index in [0.717, 1.165) is 17.5 Å². The first-order valence-corrected chi connectivity index (χ1v) is 25.5. The number of nitrogens with zero attached hydrogens (tertiary/aromatic N) is 1. The summed E-state index contributed by atoms with van der Waals surface area (Å²) in [6.07, 6.45) is 1.59. The molecule has 4 atom stereocenters. The molecule has 0 fully saturated rings. The molecule has 0 radical (unpaired) electrons. The Balaban J connectivity index is 1.70. The highest BCUT2D eigenvalue weighted by atomic mass is 32.2. The molecule has 3 aromatic rings. The highest BCUT2D eigenvalue weighted by Gasteiger charge is 2.42. The Morgan fingerprint density at radius 1 is 0.800 bits per heavy atom. The molecular formula is C46H68N4O8SSi. The Labute approximate surface area is 359 Å². The highest BCUT2D eigenvalue weighted by Crippen LogP contribution is 2.39. The lowest BCUT2D eigenvalue weighted by molar-refractivity contribution is -0.131. The molecular weight excluding hydrogens is 797 g/mol. The average molecular weight is 865 g/mol. The fourth-order valence-electron chi connectivity index (χ4n) is 6.16. The van der Waals surface area contributed by atoms with Crippen molar-refractivity contribution in [2.75, 3.05) is 17.1 Å². The number of amides is 3. The molecule has 3 N–H and O–H groups in total. The molecule has 0 heterocycles. The summed E-state index contributed by atoms with van der Waals surface area (Å²) in [7, 11) is -4.50. The molecule has 0 saturated heterocycles. The molecule has 0 bridgehead atoms. The maximum Gasteiger partial charge on any atom is 0.338 e. The van der Waals surface area contributed by atoms with Crippen LogP contribution in [0, 0.1) is 11.8 Å². The normalized spacial score (nSPS) is 14.1. The van der Waals surface area contributed by atoms with Gasteiger partial charge in [-0.15, -0.1) is 0 Å². The molecule has 0 unspecified atom stereocenters. The van der Waals surface area contributed by atoms with Crippen LogP contribution >= 0.6 is 0 Å². The van der Waals surface area contributed by atoms with E-state index in [1.165, 1.54) is 11.4 Å². The fraction of sp³-hybridized carbons (Fsp3) is 0.522. The number of nitrogens with one attached hydrogen (secondary N) is 3. The minimum atomic E-state index is -3.56. The van der Waals surface area contributed by atoms with Crippen LogP contribution < -0.4 is 20.3 Å². The van der Waals surface area contributed by atoms with Gasteiger partial charge < -0.3 is 25.1 Å². The molecule has 0 aliphatic heterocycles. The van der Waals surface area contributed by atoms with Crippen molar-refractivity contribution in [2.24, 2.45) is 11.8 Å². The third-order valence-corrected chi connectivity index (χ3v) is 17.4. The van der Waals surface area contributed by atoms with Crippen LogP contribution in [0.25, 0.3) is 0 Å². The van der Waals surface area contributed by atoms with E-state index >= 15 is 0 Å². The Morgan fingerprint density at radius 2 is 1.45 bits per heavy atom. The Bertz CT molecular complexity index is 1980. The molecule has 3 amide bonds. The van der Waals surface area contributed by atoms with Crippen LogP contribution in [0.5, 0.6) is 0 Å². The molecule has 0 aliphatic rings. The van der Waals surface area contributed by atoms with Gasteiger partial charge in [-0.3, -0.25) is 18.7 Å². The molecule has 3 rings (SSSR count). The smallest absolute Gasteiger partial charge is 0.338 e. The average Bonchev–Trinajstić information content (AvgIpc) is 3.20. The number of carbonyl (C=O) groups excluding carboxylic acids is 4. The van der Waals surface area contributed by atoms with Crippen LogP contribution in [0.1, 0.15) is 113 Å². The van der Waals surface area contributed by atoms with Crippen molar-refractivity contribution in [1.29, 1.82) is 0 Å². The summed E-state index contributed by atoms with van der Waals surface area (Å²) in [5, 5.41) is 8.76. The summed E-state index contributed by atoms with van der Waals surface area (Å²) < 4.78 is 39.5. The molecule has 0 spiro atoms. The Kier molecular flexibility index (Phi) is 18.6. The Morgan fingerprint density at radius 3 is 2.05 bits per heavy atom. The minimum absolute atomic E-state index is 0.0139. The molecule has 12 nitrogen and oxygen atoms in total. The van der Waals surface area contributed by atoms with Gasteiger partial charge in [0.1, 0.15) is 12.6 Å². The monoisotopic (exact) mass is 864 g/mol. The summed E-state index contributed by atoms with van der Waals surface area (Å²) >= 11 is 0. The van der Waals surface area contributed by atoms with Gasteiger partial charge in [0.05, 0.1) is 29.1 Å². The number of esters is 1. The summed E-state index contributed by atoms with van der Waals surface area (Å²) in [4.78, 5) is 53.3. The van der Waals surface area contributed by atoms with E-state index in [1.807, 2.05) is 37.3 Å². The summed E-state index contributed by atoms with van der Waals surface area (Å²) in [6.45, 7) is 20.5. The number of rotatable bonds is 22. The van der Waals surface area contributed by atoms with Crippen molar-refractivity contribution in [2.45, 2.75) is 131 Å². The number of hydrogen-bond acceptors (Lipinski definition) is 8. The SMILES string of the molecule is CCCCS(=O)(=O)N(C)c1cccc(C(=O)N[C@@H](CC(C)C)[C@H](C[C@@H](C)C(=O)N[C@@H](C)C(=O)NCc2ccc(C(=O)OCc3ccccc3)cc2)O[Si](C)(C)C(C)(C)C)c1. The van der Waals surface area contributed by atoms with Gasteiger partial charge in [0.2, 0.25) is 21.8 Å². The summed E-state index contributed by atoms with van der Waals surface area (Å²) in [5.74, 6) is -1.91. The molecule has 0 aliphatic carbocycles. The number of benzene rings is 3. The second-order valence-electron chi connectivity index (χ2n) is 17.7. The van der Waals surface area contributed by atoms with Crippen LogP contribution in [0.15, 0.2) is 78.9 Å². The largest absolute Gasteiger partial charge is 0.457 e. The van der Waals surface area contributed by atoms with Crippen LogP contribution in [-0.2, 0) is 41.9 Å². The van der Waals surface area contributed by atoms with Crippen molar-refractivity contribution in [3.63, 3.8) is 0 Å². The second kappa shape index (κ2) is 22.3. The van der Waals surface area contributed by atoms with Gasteiger partial charge in [0, 0.05) is 25.1 Å². The lowest BCUT2D eigenvalue weighted by Crippen LogP contribution is -2.53. The molecule has 330 valence electrons. The van der Waals surface area contributed by atoms with Gasteiger partial charge in [-0.05, 0) is 91.7 Å². The quantitative estimate of drug-likeness (QED) is 0.0677. The molecule has 0 saturated carbocycles. The third kappa shape index (κ3) is 15.2. The molecule has 14 heteroatoms. The maximum absolute atomic E-state index is 14.0. The zero-order chi connectivity index (χ0) is 44.8. The van der Waals surface area contributed by atoms with Crippen LogP contribution in [0.4, 0.5) is 5.69 Å². The van der Waals surface area contributed by atoms with Crippen molar-refractivity contribution < 1.29 is 36.8 Å². The molecule has 0 aromatic heterocycles. The van der Waals surface area contributed by atoms with Gasteiger partial charge in [-0.25, -0.2) is 13.2 Å². The molecule has 60 heavy (non-hydrogen) atoms. The maximum atomic E-state index is 14.0. The number of anilines is 1. The zero-order valence-electron chi connectivity index (χ0n) is 37.5. The first kappa shape index (κ1) is 49.8. The van der Waals surface area contributed by atoms with E-state index in [2.05, 4.69) is 63.7 Å². The van der Waals surface area contributed by atoms with Gasteiger partial charge in [-0.1, -0.05) is 103 Å². The van der Waals surface area contributed by atoms with E-state index in [4.69, 9.17) is 9.16 Å². The zero-order valence-corrected chi connectivity index (χ0v) is 39.3. The predicted molar refractivity (Wildman–Crippen MR) is 242 cm³/mol. The lowest BCUT2D eigenvalue weighted by atomic mass is 9.92. The lowest BCUT2D eigenvalue weighted by Gasteiger charge is -2.42. The first-order chi connectivity index (χ1) is 28.0. The third-order valence-electron chi connectivity index (χ3n) is 11.0. The van der Waals surface area contributed by atoms with Crippen molar-refractivity contribution in [3.8, 4) is 0 Å². The second-order valence-corrected chi connectivity index (χ2v) is 24.5. The number of hydrogen-bond donors (Lipinski definition) is 3. The van der Waals surface area contributed by atoms with E-state index < -0.39 is 48.4 Å². The minimum Gasteiger partial charge on any atom is -0.457 e. The van der Waals surface area contributed by atoms with Crippen LogP contribution in [0.2, 0.25) is 18.1 Å². The van der Waals surface area contributed by atoms with Gasteiger partial charge in [-0.2, -0.15) is 0 Å². The summed E-state index contributed by atoms with van der Waals surface area (Å²) in [6, 6.07) is 21.5. The summed E-state index contributed by atoms with van der Waals surface area (Å²) in [5.41, 5.74) is 2.77. The van der Waals surface area contributed by atoms with E-state index in [9.17, 15) is 27.6 Å². The number of unbranched alkanes of at least 4 members (excludes halogenated alkanes) is 1. The van der Waals surface area contributed by atoms with Crippen molar-refractivity contribution in [1.82, 2.24) is 16.0 Å². The molecule has 3 aromatic carbocycles. The fourth-order valence-corrected chi connectivity index (χ4v) is 8.90. The van der Waals surface area contributed by atoms with E-state index in [1.54, 1.807) is 62.4 Å². The van der Waals surface area contributed by atoms with Crippen molar-refractivity contribution >= 4 is 47.7 Å². The van der Waals surface area contributed by atoms with Crippen LogP contribution in [-0.4, -0.2) is 71.4 Å². The van der Waals surface area contributed by atoms with Gasteiger partial charge >= 0.3 is 5.97 Å². The van der Waals surface area contributed by atoms with E-state index in [-0.39, 0.29) is 54.0 Å². The topological polar surface area (TPSA) is 160 Å². The van der Waals surface area contributed by atoms with Gasteiger partial charge in [0.15, 0.2) is 8.32 Å². The number of ether oxygens (including phenoxy) is 1. The Hall–Kier alpha value is -4.53. The number of sulfonamides is 1. The highest BCUT2D eigenvalue weighted by molar-refractivity contribution is 7.92. The van der Waals surface area contributed by atoms with E-state index in [0.29, 0.717) is 29.7 Å². The first-order valence-electron chi connectivity index (χ1n) is 21.0. The number of carbonyl (C=O) groups is 4. The van der Waals surface area contributed by atoms with Crippen LogP contribution in [0.3, 0.4) is 0 Å².